The Kier molecular flexibility index (Phi) is 6.45. The number of rotatable bonds is 6. The van der Waals surface area contributed by atoms with Gasteiger partial charge in [0.05, 0.1) is 17.6 Å². The van der Waals surface area contributed by atoms with Gasteiger partial charge in [-0.25, -0.2) is 4.39 Å². The average Bonchev–Trinajstić information content (AvgIpc) is 3.47. The Morgan fingerprint density at radius 1 is 1.15 bits per heavy atom. The van der Waals surface area contributed by atoms with E-state index in [1.165, 1.54) is 35.6 Å². The number of hydrogen-bond donors (Lipinski definition) is 0. The van der Waals surface area contributed by atoms with E-state index in [1.54, 1.807) is 0 Å². The van der Waals surface area contributed by atoms with Crippen LogP contribution < -0.4 is 9.64 Å². The molecule has 0 radical (unpaired) electrons. The fraction of sp³-hybridized carbons (Fsp3) is 0.469. The molecule has 4 atom stereocenters. The summed E-state index contributed by atoms with van der Waals surface area (Å²) in [5.74, 6) is 0.838. The SMILES string of the molecule is C=CC(=O)N1CC[C@@H]2[C@H]1CN2c1nc(OC[C@@H]2C[C@@H](F)CN2C)nc2cc(-c3cccc4c3CCCC4)ccc12. The minimum absolute atomic E-state index is 0.00150. The van der Waals surface area contributed by atoms with Gasteiger partial charge in [0, 0.05) is 31.1 Å². The zero-order chi connectivity index (χ0) is 27.4. The van der Waals surface area contributed by atoms with Crippen LogP contribution in [0, 0.1) is 0 Å². The quantitative estimate of drug-likeness (QED) is 0.426. The van der Waals surface area contributed by atoms with Crippen molar-refractivity contribution in [1.29, 1.82) is 0 Å². The number of anilines is 1. The van der Waals surface area contributed by atoms with E-state index in [1.807, 2.05) is 16.8 Å². The van der Waals surface area contributed by atoms with Crippen molar-refractivity contribution in [3.63, 3.8) is 0 Å². The molecule has 4 heterocycles. The van der Waals surface area contributed by atoms with Gasteiger partial charge in [-0.3, -0.25) is 9.69 Å². The van der Waals surface area contributed by atoms with Crippen molar-refractivity contribution in [2.45, 2.75) is 62.8 Å². The average molecular weight is 542 g/mol. The molecule has 3 fully saturated rings. The standard InChI is InChI=1S/C32H36FN5O2/c1-3-30(39)37-14-13-28-29(37)18-38(28)31-26-12-11-21(25-10-6-8-20-7-4-5-9-24(20)25)15-27(26)34-32(35-31)40-19-23-16-22(33)17-36(23)2/h3,6,8,10-12,15,22-23,28-29H,1,4-5,7,9,13-14,16-19H2,2H3/t22-,23+,28-,29-/m1/s1. The third-order valence-corrected chi connectivity index (χ3v) is 9.43. The van der Waals surface area contributed by atoms with Crippen molar-refractivity contribution in [1.82, 2.24) is 19.8 Å². The number of aromatic nitrogens is 2. The topological polar surface area (TPSA) is 61.8 Å². The molecule has 1 aromatic heterocycles. The number of amides is 1. The molecular weight excluding hydrogens is 505 g/mol. The van der Waals surface area contributed by atoms with Gasteiger partial charge in [-0.05, 0) is 86.0 Å². The minimum Gasteiger partial charge on any atom is -0.462 e. The zero-order valence-electron chi connectivity index (χ0n) is 23.1. The molecule has 3 aromatic rings. The van der Waals surface area contributed by atoms with Gasteiger partial charge in [-0.1, -0.05) is 30.8 Å². The van der Waals surface area contributed by atoms with Crippen molar-refractivity contribution in [3.8, 4) is 17.1 Å². The molecule has 7 nitrogen and oxygen atoms in total. The summed E-state index contributed by atoms with van der Waals surface area (Å²) in [6, 6.07) is 13.8. The second-order valence-corrected chi connectivity index (χ2v) is 11.8. The summed E-state index contributed by atoms with van der Waals surface area (Å²) in [5.41, 5.74) is 6.18. The van der Waals surface area contributed by atoms with Crippen LogP contribution in [0.15, 0.2) is 49.1 Å². The fourth-order valence-corrected chi connectivity index (χ4v) is 7.23. The first-order valence-corrected chi connectivity index (χ1v) is 14.6. The largest absolute Gasteiger partial charge is 0.462 e. The first-order valence-electron chi connectivity index (χ1n) is 14.6. The van der Waals surface area contributed by atoms with Crippen LogP contribution in [0.2, 0.25) is 0 Å². The lowest BCUT2D eigenvalue weighted by Gasteiger charge is -2.47. The number of fused-ring (bicyclic) bond motifs is 3. The van der Waals surface area contributed by atoms with Crippen LogP contribution in [-0.2, 0) is 17.6 Å². The summed E-state index contributed by atoms with van der Waals surface area (Å²) in [6.07, 6.45) is 6.65. The highest BCUT2D eigenvalue weighted by Crippen LogP contribution is 2.40. The third kappa shape index (κ3) is 4.33. The molecule has 0 bridgehead atoms. The van der Waals surface area contributed by atoms with E-state index in [2.05, 4.69) is 47.9 Å². The normalized spacial score (nSPS) is 25.9. The number of ether oxygens (including phenoxy) is 1. The Hall–Kier alpha value is -3.52. The predicted molar refractivity (Wildman–Crippen MR) is 154 cm³/mol. The Morgan fingerprint density at radius 3 is 2.85 bits per heavy atom. The van der Waals surface area contributed by atoms with E-state index in [9.17, 15) is 9.18 Å². The molecule has 0 N–H and O–H groups in total. The summed E-state index contributed by atoms with van der Waals surface area (Å²) in [6.45, 7) is 5.90. The zero-order valence-corrected chi connectivity index (χ0v) is 23.1. The summed E-state index contributed by atoms with van der Waals surface area (Å²) < 4.78 is 20.1. The molecule has 4 aliphatic rings. The summed E-state index contributed by atoms with van der Waals surface area (Å²) in [4.78, 5) is 28.4. The maximum absolute atomic E-state index is 14.0. The van der Waals surface area contributed by atoms with Crippen molar-refractivity contribution >= 4 is 22.6 Å². The number of hydrogen-bond acceptors (Lipinski definition) is 6. The Bertz CT molecular complexity index is 1480. The summed E-state index contributed by atoms with van der Waals surface area (Å²) in [5, 5.41) is 0.981. The number of carbonyl (C=O) groups is 1. The smallest absolute Gasteiger partial charge is 0.319 e. The number of carbonyl (C=O) groups excluding carboxylic acids is 1. The van der Waals surface area contributed by atoms with E-state index < -0.39 is 6.17 Å². The fourth-order valence-electron chi connectivity index (χ4n) is 7.23. The van der Waals surface area contributed by atoms with Gasteiger partial charge >= 0.3 is 6.01 Å². The lowest BCUT2D eigenvalue weighted by molar-refractivity contribution is -0.127. The van der Waals surface area contributed by atoms with E-state index in [4.69, 9.17) is 14.7 Å². The van der Waals surface area contributed by atoms with Gasteiger partial charge in [0.25, 0.3) is 0 Å². The van der Waals surface area contributed by atoms with E-state index in [0.717, 1.165) is 54.6 Å². The molecule has 0 unspecified atom stereocenters. The number of halogens is 1. The van der Waals surface area contributed by atoms with Crippen LogP contribution in [0.4, 0.5) is 10.2 Å². The van der Waals surface area contributed by atoms with Crippen molar-refractivity contribution in [2.75, 3.05) is 38.2 Å². The molecular formula is C32H36FN5O2. The highest BCUT2D eigenvalue weighted by atomic mass is 19.1. The number of nitrogens with zero attached hydrogens (tertiary/aromatic N) is 5. The molecule has 2 aromatic carbocycles. The van der Waals surface area contributed by atoms with Gasteiger partial charge in [0.15, 0.2) is 0 Å². The Labute approximate surface area is 234 Å². The number of alkyl halides is 1. The second kappa shape index (κ2) is 10.1. The van der Waals surface area contributed by atoms with E-state index >= 15 is 0 Å². The minimum atomic E-state index is -0.826. The summed E-state index contributed by atoms with van der Waals surface area (Å²) in [7, 11) is 1.93. The molecule has 7 rings (SSSR count). The summed E-state index contributed by atoms with van der Waals surface area (Å²) >= 11 is 0. The van der Waals surface area contributed by atoms with Gasteiger partial charge in [0.1, 0.15) is 18.6 Å². The van der Waals surface area contributed by atoms with Crippen LogP contribution in [0.3, 0.4) is 0 Å². The van der Waals surface area contributed by atoms with Crippen LogP contribution >= 0.6 is 0 Å². The number of benzene rings is 2. The number of likely N-dealkylation sites (tertiary alicyclic amines) is 2. The number of likely N-dealkylation sites (N-methyl/N-ethyl adjacent to an activating group) is 1. The van der Waals surface area contributed by atoms with Crippen LogP contribution in [-0.4, -0.2) is 83.3 Å². The Morgan fingerprint density at radius 2 is 2.02 bits per heavy atom. The molecule has 1 aliphatic carbocycles. The predicted octanol–water partition coefficient (Wildman–Crippen LogP) is 4.57. The monoisotopic (exact) mass is 541 g/mol. The van der Waals surface area contributed by atoms with Gasteiger partial charge in [0.2, 0.25) is 5.91 Å². The molecule has 40 heavy (non-hydrogen) atoms. The molecule has 8 heteroatoms. The van der Waals surface area contributed by atoms with Crippen molar-refractivity contribution < 1.29 is 13.9 Å². The van der Waals surface area contributed by atoms with Crippen molar-refractivity contribution in [2.24, 2.45) is 0 Å². The molecule has 1 amide bonds. The van der Waals surface area contributed by atoms with Gasteiger partial charge < -0.3 is 14.5 Å². The maximum atomic E-state index is 14.0. The third-order valence-electron chi connectivity index (χ3n) is 9.43. The highest BCUT2D eigenvalue weighted by Gasteiger charge is 2.49. The van der Waals surface area contributed by atoms with Crippen molar-refractivity contribution in [3.05, 3.63) is 60.2 Å². The molecule has 3 aliphatic heterocycles. The van der Waals surface area contributed by atoms with E-state index in [-0.39, 0.29) is 24.0 Å². The lowest BCUT2D eigenvalue weighted by atomic mass is 9.86. The van der Waals surface area contributed by atoms with Gasteiger partial charge in [-0.15, -0.1) is 0 Å². The lowest BCUT2D eigenvalue weighted by Crippen LogP contribution is -2.63. The second-order valence-electron chi connectivity index (χ2n) is 11.8. The maximum Gasteiger partial charge on any atom is 0.319 e. The molecule has 3 saturated heterocycles. The molecule has 0 spiro atoms. The Balaban J connectivity index is 1.25. The number of aryl methyl sites for hydroxylation is 1. The first-order chi connectivity index (χ1) is 19.5. The van der Waals surface area contributed by atoms with E-state index in [0.29, 0.717) is 25.6 Å². The van der Waals surface area contributed by atoms with Crippen LogP contribution in [0.1, 0.15) is 36.8 Å². The van der Waals surface area contributed by atoms with Crippen LogP contribution in [0.25, 0.3) is 22.0 Å². The van der Waals surface area contributed by atoms with Gasteiger partial charge in [-0.2, -0.15) is 9.97 Å². The molecule has 0 saturated carbocycles. The first kappa shape index (κ1) is 25.4. The highest BCUT2D eigenvalue weighted by molar-refractivity contribution is 5.94. The molecule has 208 valence electrons. The van der Waals surface area contributed by atoms with Crippen LogP contribution in [0.5, 0.6) is 6.01 Å².